The number of rotatable bonds is 4. The Kier molecular flexibility index (Phi) is 5.04. The van der Waals surface area contributed by atoms with Crippen molar-refractivity contribution in [1.82, 2.24) is 0 Å². The molecule has 0 aromatic heterocycles. The number of nitrogens with zero attached hydrogens (tertiary/aromatic N) is 1. The number of benzene rings is 1. The van der Waals surface area contributed by atoms with Gasteiger partial charge >= 0.3 is 0 Å². The van der Waals surface area contributed by atoms with Gasteiger partial charge in [-0.2, -0.15) is 0 Å². The fourth-order valence-electron chi connectivity index (χ4n) is 2.77. The Morgan fingerprint density at radius 3 is 2.61 bits per heavy atom. The number of carbonyl (C=O) groups is 1. The predicted molar refractivity (Wildman–Crippen MR) is 94.3 cm³/mol. The Labute approximate surface area is 139 Å². The number of amides is 1. The molecule has 1 N–H and O–H groups in total. The molecule has 0 fully saturated rings. The Balaban J connectivity index is 2.21. The molecule has 1 aromatic rings. The fourth-order valence-corrected chi connectivity index (χ4v) is 3.97. The topological polar surface area (TPSA) is 66.5 Å². The van der Waals surface area contributed by atoms with E-state index in [1.165, 1.54) is 4.31 Å². The molecule has 0 aliphatic carbocycles. The summed E-state index contributed by atoms with van der Waals surface area (Å²) >= 11 is 0. The lowest BCUT2D eigenvalue weighted by Crippen LogP contribution is -2.36. The van der Waals surface area contributed by atoms with Gasteiger partial charge in [0.2, 0.25) is 15.9 Å². The van der Waals surface area contributed by atoms with Crippen molar-refractivity contribution in [2.45, 2.75) is 47.0 Å². The van der Waals surface area contributed by atoms with Gasteiger partial charge in [0, 0.05) is 18.7 Å². The van der Waals surface area contributed by atoms with Crippen LogP contribution in [0.2, 0.25) is 0 Å². The number of hydrogen-bond donors (Lipinski definition) is 1. The highest BCUT2D eigenvalue weighted by molar-refractivity contribution is 7.92. The smallest absolute Gasteiger partial charge is 0.234 e. The molecule has 0 atom stereocenters. The monoisotopic (exact) mass is 338 g/mol. The van der Waals surface area contributed by atoms with Crippen LogP contribution in [0, 0.1) is 5.41 Å². The van der Waals surface area contributed by atoms with Crippen LogP contribution in [0.15, 0.2) is 18.2 Å². The molecular weight excluding hydrogens is 312 g/mol. The summed E-state index contributed by atoms with van der Waals surface area (Å²) in [6, 6.07) is 5.48. The quantitative estimate of drug-likeness (QED) is 0.917. The number of anilines is 2. The molecule has 1 aromatic carbocycles. The maximum absolute atomic E-state index is 12.2. The van der Waals surface area contributed by atoms with Crippen molar-refractivity contribution in [2.75, 3.05) is 21.9 Å². The molecule has 6 heteroatoms. The van der Waals surface area contributed by atoms with Gasteiger partial charge in [0.25, 0.3) is 0 Å². The molecule has 128 valence electrons. The van der Waals surface area contributed by atoms with E-state index in [4.69, 9.17) is 0 Å². The van der Waals surface area contributed by atoms with Crippen LogP contribution in [-0.2, 0) is 21.2 Å². The maximum Gasteiger partial charge on any atom is 0.234 e. The standard InChI is InChI=1S/C17H26N2O3S/c1-5-23(21,22)19-10-6-7-13-11-14(8-9-15(13)19)18-16(20)12-17(2,3)4/h8-9,11H,5-7,10,12H2,1-4H3,(H,18,20). The fraction of sp³-hybridized carbons (Fsp3) is 0.588. The molecule has 0 radical (unpaired) electrons. The van der Waals surface area contributed by atoms with E-state index in [9.17, 15) is 13.2 Å². The molecule has 0 saturated heterocycles. The minimum atomic E-state index is -3.25. The zero-order valence-electron chi connectivity index (χ0n) is 14.3. The second-order valence-corrected chi connectivity index (χ2v) is 9.39. The highest BCUT2D eigenvalue weighted by Crippen LogP contribution is 2.32. The van der Waals surface area contributed by atoms with Crippen molar-refractivity contribution in [3.8, 4) is 0 Å². The lowest BCUT2D eigenvalue weighted by atomic mass is 9.92. The summed E-state index contributed by atoms with van der Waals surface area (Å²) in [4.78, 5) is 12.0. The summed E-state index contributed by atoms with van der Waals surface area (Å²) < 4.78 is 25.9. The molecule has 1 heterocycles. The van der Waals surface area contributed by atoms with Crippen LogP contribution in [0.4, 0.5) is 11.4 Å². The van der Waals surface area contributed by atoms with Crippen LogP contribution >= 0.6 is 0 Å². The summed E-state index contributed by atoms with van der Waals surface area (Å²) in [7, 11) is -3.25. The molecule has 1 aliphatic rings. The van der Waals surface area contributed by atoms with Crippen LogP contribution in [0.25, 0.3) is 0 Å². The first-order chi connectivity index (χ1) is 10.6. The van der Waals surface area contributed by atoms with Gasteiger partial charge in [-0.3, -0.25) is 9.10 Å². The van der Waals surface area contributed by atoms with Gasteiger partial charge in [-0.15, -0.1) is 0 Å². The first-order valence-corrected chi connectivity index (χ1v) is 9.66. The molecule has 2 rings (SSSR count). The Hall–Kier alpha value is -1.56. The summed E-state index contributed by atoms with van der Waals surface area (Å²) in [5.41, 5.74) is 2.38. The van der Waals surface area contributed by atoms with Crippen molar-refractivity contribution in [1.29, 1.82) is 0 Å². The normalized spacial score (nSPS) is 15.2. The van der Waals surface area contributed by atoms with Crippen molar-refractivity contribution in [3.05, 3.63) is 23.8 Å². The zero-order chi connectivity index (χ0) is 17.3. The molecule has 5 nitrogen and oxygen atoms in total. The van der Waals surface area contributed by atoms with E-state index in [0.29, 0.717) is 13.0 Å². The summed E-state index contributed by atoms with van der Waals surface area (Å²) in [5, 5.41) is 2.91. The largest absolute Gasteiger partial charge is 0.326 e. The summed E-state index contributed by atoms with van der Waals surface area (Å²) in [5.74, 6) is 0.0718. The van der Waals surface area contributed by atoms with Crippen molar-refractivity contribution in [3.63, 3.8) is 0 Å². The van der Waals surface area contributed by atoms with E-state index < -0.39 is 10.0 Å². The Morgan fingerprint density at radius 1 is 1.30 bits per heavy atom. The minimum absolute atomic E-state index is 0.0219. The van der Waals surface area contributed by atoms with E-state index in [1.807, 2.05) is 26.8 Å². The third kappa shape index (κ3) is 4.47. The molecule has 0 unspecified atom stereocenters. The summed E-state index contributed by atoms with van der Waals surface area (Å²) in [6.45, 7) is 8.25. The number of aryl methyl sites for hydroxylation is 1. The van der Waals surface area contributed by atoms with E-state index in [2.05, 4.69) is 5.32 Å². The minimum Gasteiger partial charge on any atom is -0.326 e. The lowest BCUT2D eigenvalue weighted by molar-refractivity contribution is -0.117. The van der Waals surface area contributed by atoms with Gasteiger partial charge in [0.15, 0.2) is 0 Å². The second kappa shape index (κ2) is 6.51. The summed E-state index contributed by atoms with van der Waals surface area (Å²) in [6.07, 6.45) is 2.07. The first-order valence-electron chi connectivity index (χ1n) is 8.05. The van der Waals surface area contributed by atoms with Gasteiger partial charge in [-0.25, -0.2) is 8.42 Å². The molecule has 23 heavy (non-hydrogen) atoms. The van der Waals surface area contributed by atoms with E-state index >= 15 is 0 Å². The van der Waals surface area contributed by atoms with Gasteiger partial charge < -0.3 is 5.32 Å². The predicted octanol–water partition coefficient (Wildman–Crippen LogP) is 3.16. The molecule has 0 bridgehead atoms. The number of carbonyl (C=O) groups excluding carboxylic acids is 1. The zero-order valence-corrected chi connectivity index (χ0v) is 15.2. The second-order valence-electron chi connectivity index (χ2n) is 7.21. The van der Waals surface area contributed by atoms with Crippen LogP contribution in [0.1, 0.15) is 46.1 Å². The highest BCUT2D eigenvalue weighted by Gasteiger charge is 2.26. The average molecular weight is 338 g/mol. The van der Waals surface area contributed by atoms with Crippen LogP contribution in [-0.4, -0.2) is 26.6 Å². The number of nitrogens with one attached hydrogen (secondary N) is 1. The molecule has 0 saturated carbocycles. The van der Waals surface area contributed by atoms with Crippen LogP contribution in [0.5, 0.6) is 0 Å². The van der Waals surface area contributed by atoms with Gasteiger partial charge in [-0.05, 0) is 48.9 Å². The molecule has 1 aliphatic heterocycles. The van der Waals surface area contributed by atoms with Crippen molar-refractivity contribution in [2.24, 2.45) is 5.41 Å². The third-order valence-corrected chi connectivity index (χ3v) is 5.61. The highest BCUT2D eigenvalue weighted by atomic mass is 32.2. The number of sulfonamides is 1. The molecule has 0 spiro atoms. The maximum atomic E-state index is 12.2. The van der Waals surface area contributed by atoms with Crippen LogP contribution in [0.3, 0.4) is 0 Å². The van der Waals surface area contributed by atoms with Crippen LogP contribution < -0.4 is 9.62 Å². The number of hydrogen-bond acceptors (Lipinski definition) is 3. The van der Waals surface area contributed by atoms with E-state index in [1.54, 1.807) is 19.1 Å². The molecular formula is C17H26N2O3S. The lowest BCUT2D eigenvalue weighted by Gasteiger charge is -2.30. The van der Waals surface area contributed by atoms with Crippen molar-refractivity contribution >= 4 is 27.3 Å². The third-order valence-electron chi connectivity index (χ3n) is 3.83. The number of fused-ring (bicyclic) bond motifs is 1. The Bertz CT molecular complexity index is 690. The first kappa shape index (κ1) is 17.8. The van der Waals surface area contributed by atoms with E-state index in [-0.39, 0.29) is 17.1 Å². The SMILES string of the molecule is CCS(=O)(=O)N1CCCc2cc(NC(=O)CC(C)(C)C)ccc21. The van der Waals surface area contributed by atoms with Gasteiger partial charge in [0.05, 0.1) is 11.4 Å². The van der Waals surface area contributed by atoms with Gasteiger partial charge in [-0.1, -0.05) is 20.8 Å². The Morgan fingerprint density at radius 2 is 2.00 bits per heavy atom. The van der Waals surface area contributed by atoms with Crippen molar-refractivity contribution < 1.29 is 13.2 Å². The van der Waals surface area contributed by atoms with Gasteiger partial charge in [0.1, 0.15) is 0 Å². The average Bonchev–Trinajstić information content (AvgIpc) is 2.44. The van der Waals surface area contributed by atoms with E-state index in [0.717, 1.165) is 29.8 Å². The molecule has 1 amide bonds.